The molecule has 0 saturated heterocycles. The van der Waals surface area contributed by atoms with Gasteiger partial charge in [0.15, 0.2) is 16.6 Å². The van der Waals surface area contributed by atoms with Gasteiger partial charge < -0.3 is 25.4 Å². The topological polar surface area (TPSA) is 119 Å². The summed E-state index contributed by atoms with van der Waals surface area (Å²) in [5.41, 5.74) is 3.40. The van der Waals surface area contributed by atoms with Gasteiger partial charge in [-0.15, -0.1) is 23.1 Å². The van der Waals surface area contributed by atoms with Gasteiger partial charge in [-0.3, -0.25) is 14.4 Å². The number of thioether (sulfide) groups is 1. The number of carbonyl (C=O) groups is 3. The number of thiazole rings is 1. The Balaban J connectivity index is 1.22. The number of aromatic nitrogens is 1. The molecule has 0 saturated carbocycles. The van der Waals surface area contributed by atoms with E-state index in [9.17, 15) is 14.4 Å². The maximum absolute atomic E-state index is 13.3. The van der Waals surface area contributed by atoms with Crippen LogP contribution in [0.3, 0.4) is 0 Å². The number of nitrogens with one attached hydrogen (secondary N) is 3. The van der Waals surface area contributed by atoms with Gasteiger partial charge in [0.1, 0.15) is 5.70 Å². The molecule has 9 nitrogen and oxygen atoms in total. The molecule has 3 amide bonds. The first kappa shape index (κ1) is 32.5. The van der Waals surface area contributed by atoms with E-state index in [0.29, 0.717) is 33.6 Å². The first-order chi connectivity index (χ1) is 22.3. The molecule has 0 aliphatic carbocycles. The third-order valence-electron chi connectivity index (χ3n) is 6.57. The summed E-state index contributed by atoms with van der Waals surface area (Å²) >= 11 is 4.16. The maximum atomic E-state index is 13.3. The van der Waals surface area contributed by atoms with Gasteiger partial charge in [0.25, 0.3) is 11.8 Å². The van der Waals surface area contributed by atoms with Crippen LogP contribution in [0.5, 0.6) is 11.5 Å². The number of benzene rings is 3. The van der Waals surface area contributed by atoms with E-state index in [0.717, 1.165) is 16.0 Å². The average molecular weight is 671 g/mol. The number of anilines is 2. The lowest BCUT2D eigenvalue weighted by molar-refractivity contribution is -0.115. The molecule has 234 valence electrons. The van der Waals surface area contributed by atoms with Gasteiger partial charge in [-0.2, -0.15) is 11.3 Å². The van der Waals surface area contributed by atoms with E-state index in [1.165, 1.54) is 34.4 Å². The minimum atomic E-state index is -0.475. The van der Waals surface area contributed by atoms with Crippen LogP contribution >= 0.6 is 34.4 Å². The third-order valence-corrected chi connectivity index (χ3v) is 9.12. The van der Waals surface area contributed by atoms with Gasteiger partial charge in [-0.25, -0.2) is 4.98 Å². The molecular formula is C34H30N4O5S3. The van der Waals surface area contributed by atoms with E-state index in [4.69, 9.17) is 9.47 Å². The zero-order valence-corrected chi connectivity index (χ0v) is 27.6. The molecule has 1 unspecified atom stereocenters. The number of hydrogen-bond acceptors (Lipinski definition) is 9. The summed E-state index contributed by atoms with van der Waals surface area (Å²) in [6, 6.07) is 23.3. The smallest absolute Gasteiger partial charge is 0.272 e. The van der Waals surface area contributed by atoms with E-state index >= 15 is 0 Å². The molecule has 5 aromatic rings. The van der Waals surface area contributed by atoms with Crippen molar-refractivity contribution in [3.8, 4) is 22.8 Å². The lowest BCUT2D eigenvalue weighted by Crippen LogP contribution is -2.30. The van der Waals surface area contributed by atoms with Crippen LogP contribution in [-0.4, -0.2) is 42.2 Å². The highest BCUT2D eigenvalue weighted by Crippen LogP contribution is 2.34. The van der Waals surface area contributed by atoms with Crippen molar-refractivity contribution in [2.45, 2.75) is 17.1 Å². The van der Waals surface area contributed by atoms with Crippen LogP contribution in [0.15, 0.2) is 106 Å². The van der Waals surface area contributed by atoms with Gasteiger partial charge in [0.2, 0.25) is 5.91 Å². The van der Waals surface area contributed by atoms with Crippen molar-refractivity contribution in [3.05, 3.63) is 112 Å². The number of rotatable bonds is 12. The van der Waals surface area contributed by atoms with E-state index in [1.54, 1.807) is 69.7 Å². The molecule has 0 aliphatic heterocycles. The lowest BCUT2D eigenvalue weighted by Gasteiger charge is -2.13. The van der Waals surface area contributed by atoms with E-state index in [1.807, 2.05) is 52.5 Å². The minimum absolute atomic E-state index is 0.106. The van der Waals surface area contributed by atoms with Crippen LogP contribution in [0.1, 0.15) is 22.8 Å². The number of hydrogen-bond donors (Lipinski definition) is 3. The molecule has 0 bridgehead atoms. The SMILES string of the molecule is COc1ccc(-c2csc(NC(=O)C(C)Sc3cccc(NC(=O)/C(=C/c4ccsc4)NC(=O)c4ccccc4)c3)n2)cc1OC. The first-order valence-electron chi connectivity index (χ1n) is 14.0. The number of carbonyl (C=O) groups excluding carboxylic acids is 3. The van der Waals surface area contributed by atoms with E-state index < -0.39 is 17.1 Å². The summed E-state index contributed by atoms with van der Waals surface area (Å²) < 4.78 is 10.7. The zero-order chi connectivity index (χ0) is 32.5. The van der Waals surface area contributed by atoms with Crippen LogP contribution in [-0.2, 0) is 9.59 Å². The largest absolute Gasteiger partial charge is 0.493 e. The third kappa shape index (κ3) is 8.42. The van der Waals surface area contributed by atoms with Crippen LogP contribution < -0.4 is 25.4 Å². The van der Waals surface area contributed by atoms with Crippen molar-refractivity contribution in [1.29, 1.82) is 0 Å². The summed E-state index contributed by atoms with van der Waals surface area (Å²) in [5, 5.41) is 14.2. The Morgan fingerprint density at radius 1 is 0.891 bits per heavy atom. The molecule has 3 N–H and O–H groups in total. The van der Waals surface area contributed by atoms with Gasteiger partial charge in [-0.05, 0) is 83.9 Å². The number of methoxy groups -OCH3 is 2. The Bertz CT molecular complexity index is 1860. The Morgan fingerprint density at radius 3 is 2.43 bits per heavy atom. The molecule has 2 aromatic heterocycles. The number of ether oxygens (including phenoxy) is 2. The number of thiophene rings is 1. The second-order valence-electron chi connectivity index (χ2n) is 9.77. The van der Waals surface area contributed by atoms with Crippen molar-refractivity contribution in [2.75, 3.05) is 24.9 Å². The quantitative estimate of drug-likeness (QED) is 0.0934. The van der Waals surface area contributed by atoms with Gasteiger partial charge in [0, 0.05) is 27.1 Å². The van der Waals surface area contributed by atoms with Crippen molar-refractivity contribution in [3.63, 3.8) is 0 Å². The summed E-state index contributed by atoms with van der Waals surface area (Å²) in [5.74, 6) is 0.135. The molecule has 1 atom stereocenters. The highest BCUT2D eigenvalue weighted by atomic mass is 32.2. The molecule has 0 spiro atoms. The highest BCUT2D eigenvalue weighted by molar-refractivity contribution is 8.00. The maximum Gasteiger partial charge on any atom is 0.272 e. The minimum Gasteiger partial charge on any atom is -0.493 e. The molecule has 2 heterocycles. The van der Waals surface area contributed by atoms with Gasteiger partial charge >= 0.3 is 0 Å². The Hall–Kier alpha value is -4.91. The van der Waals surface area contributed by atoms with E-state index in [-0.39, 0.29) is 11.6 Å². The number of amides is 3. The predicted molar refractivity (Wildman–Crippen MR) is 186 cm³/mol. The van der Waals surface area contributed by atoms with Crippen molar-refractivity contribution in [1.82, 2.24) is 10.3 Å². The van der Waals surface area contributed by atoms with Gasteiger partial charge in [0.05, 0.1) is 25.2 Å². The van der Waals surface area contributed by atoms with Crippen molar-refractivity contribution >= 4 is 69.1 Å². The fourth-order valence-electron chi connectivity index (χ4n) is 4.24. The zero-order valence-electron chi connectivity index (χ0n) is 25.1. The molecule has 46 heavy (non-hydrogen) atoms. The normalized spacial score (nSPS) is 11.8. The predicted octanol–water partition coefficient (Wildman–Crippen LogP) is 7.42. The Kier molecular flexibility index (Phi) is 10.9. The van der Waals surface area contributed by atoms with Crippen molar-refractivity contribution < 1.29 is 23.9 Å². The van der Waals surface area contributed by atoms with Crippen LogP contribution in [0.25, 0.3) is 17.3 Å². The Labute approximate surface area is 278 Å². The lowest BCUT2D eigenvalue weighted by atomic mass is 10.1. The highest BCUT2D eigenvalue weighted by Gasteiger charge is 2.19. The second-order valence-corrected chi connectivity index (χ2v) is 12.8. The Morgan fingerprint density at radius 2 is 1.70 bits per heavy atom. The molecular weight excluding hydrogens is 641 g/mol. The standard InChI is InChI=1S/C34H30N4O5S3/c1-21(31(39)38-34-37-28(20-45-34)24-12-13-29(42-2)30(17-24)43-3)46-26-11-7-10-25(18-26)35-33(41)27(16-22-14-15-44-19-22)36-32(40)23-8-5-4-6-9-23/h4-21H,1-3H3,(H,35,41)(H,36,40)(H,37,38,39)/b27-16-. The fraction of sp³-hybridized carbons (Fsp3) is 0.118. The molecule has 0 radical (unpaired) electrons. The molecule has 0 aliphatic rings. The molecule has 5 rings (SSSR count). The van der Waals surface area contributed by atoms with E-state index in [2.05, 4.69) is 20.9 Å². The summed E-state index contributed by atoms with van der Waals surface area (Å²) in [6.45, 7) is 1.80. The fourth-order valence-corrected chi connectivity index (χ4v) is 6.50. The van der Waals surface area contributed by atoms with Crippen LogP contribution in [0, 0.1) is 0 Å². The van der Waals surface area contributed by atoms with Crippen molar-refractivity contribution in [2.24, 2.45) is 0 Å². The summed E-state index contributed by atoms with van der Waals surface area (Å²) in [4.78, 5) is 44.6. The van der Waals surface area contributed by atoms with Gasteiger partial charge in [-0.1, -0.05) is 24.3 Å². The first-order valence-corrected chi connectivity index (χ1v) is 16.7. The monoisotopic (exact) mass is 670 g/mol. The molecule has 3 aromatic carbocycles. The van der Waals surface area contributed by atoms with Crippen LogP contribution in [0.2, 0.25) is 0 Å². The number of nitrogens with zero attached hydrogens (tertiary/aromatic N) is 1. The second kappa shape index (κ2) is 15.4. The summed E-state index contributed by atoms with van der Waals surface area (Å²) in [7, 11) is 3.15. The summed E-state index contributed by atoms with van der Waals surface area (Å²) in [6.07, 6.45) is 1.63. The molecule has 0 fully saturated rings. The van der Waals surface area contributed by atoms with Crippen LogP contribution in [0.4, 0.5) is 10.8 Å². The molecule has 12 heteroatoms. The average Bonchev–Trinajstić information content (AvgIpc) is 3.77.